The van der Waals surface area contributed by atoms with Gasteiger partial charge in [-0.05, 0) is 19.9 Å². The van der Waals surface area contributed by atoms with Gasteiger partial charge in [0.15, 0.2) is 0 Å². The summed E-state index contributed by atoms with van der Waals surface area (Å²) in [5.41, 5.74) is 6.13. The predicted octanol–water partition coefficient (Wildman–Crippen LogP) is 0.851. The fourth-order valence-electron chi connectivity index (χ4n) is 2.31. The summed E-state index contributed by atoms with van der Waals surface area (Å²) in [7, 11) is 3.84. The van der Waals surface area contributed by atoms with Crippen LogP contribution in [0.4, 0.5) is 0 Å². The van der Waals surface area contributed by atoms with E-state index in [1.165, 1.54) is 25.7 Å². The Morgan fingerprint density at radius 1 is 1.19 bits per heavy atom. The van der Waals surface area contributed by atoms with Crippen molar-refractivity contribution < 1.29 is 9.47 Å². The Morgan fingerprint density at radius 2 is 1.94 bits per heavy atom. The Kier molecular flexibility index (Phi) is 6.96. The van der Waals surface area contributed by atoms with Gasteiger partial charge in [0.1, 0.15) is 0 Å². The summed E-state index contributed by atoms with van der Waals surface area (Å²) in [4.78, 5) is 2.34. The first-order chi connectivity index (χ1) is 7.75. The molecular weight excluding hydrogens is 204 g/mol. The second kappa shape index (κ2) is 8.01. The predicted molar refractivity (Wildman–Crippen MR) is 65.6 cm³/mol. The molecule has 0 aliphatic heterocycles. The highest BCUT2D eigenvalue weighted by atomic mass is 16.5. The second-order valence-corrected chi connectivity index (χ2v) is 4.60. The van der Waals surface area contributed by atoms with Crippen molar-refractivity contribution in [2.75, 3.05) is 40.5 Å². The highest BCUT2D eigenvalue weighted by Gasteiger charge is 2.24. The molecule has 4 nitrogen and oxygen atoms in total. The number of hydrogen-bond donors (Lipinski definition) is 1. The summed E-state index contributed by atoms with van der Waals surface area (Å²) >= 11 is 0. The van der Waals surface area contributed by atoms with Crippen LogP contribution in [0.2, 0.25) is 0 Å². The molecule has 96 valence electrons. The van der Waals surface area contributed by atoms with Gasteiger partial charge in [-0.15, -0.1) is 0 Å². The molecule has 1 rings (SSSR count). The molecule has 1 fully saturated rings. The van der Waals surface area contributed by atoms with E-state index in [0.29, 0.717) is 25.3 Å². The number of likely N-dealkylation sites (N-methyl/N-ethyl adjacent to an activating group) is 1. The van der Waals surface area contributed by atoms with Crippen LogP contribution in [0.1, 0.15) is 25.7 Å². The molecule has 0 bridgehead atoms. The quantitative estimate of drug-likeness (QED) is 0.659. The van der Waals surface area contributed by atoms with Gasteiger partial charge in [-0.3, -0.25) is 4.90 Å². The van der Waals surface area contributed by atoms with E-state index < -0.39 is 0 Å². The smallest absolute Gasteiger partial charge is 0.0700 e. The number of nitrogens with two attached hydrogens (primary N) is 1. The highest BCUT2D eigenvalue weighted by molar-refractivity contribution is 4.84. The van der Waals surface area contributed by atoms with Crippen molar-refractivity contribution in [3.8, 4) is 0 Å². The molecule has 2 N–H and O–H groups in total. The lowest BCUT2D eigenvalue weighted by Crippen LogP contribution is -2.48. The van der Waals surface area contributed by atoms with Crippen LogP contribution < -0.4 is 5.73 Å². The summed E-state index contributed by atoms with van der Waals surface area (Å²) in [5.74, 6) is 0. The molecule has 0 amide bonds. The molecular formula is C12H26N2O2. The van der Waals surface area contributed by atoms with E-state index in [2.05, 4.69) is 11.9 Å². The molecule has 0 heterocycles. The fourth-order valence-corrected chi connectivity index (χ4v) is 2.31. The van der Waals surface area contributed by atoms with Crippen molar-refractivity contribution in [3.63, 3.8) is 0 Å². The van der Waals surface area contributed by atoms with Gasteiger partial charge in [-0.25, -0.2) is 0 Å². The van der Waals surface area contributed by atoms with Crippen molar-refractivity contribution in [2.24, 2.45) is 5.73 Å². The van der Waals surface area contributed by atoms with E-state index in [-0.39, 0.29) is 0 Å². The van der Waals surface area contributed by atoms with Crippen molar-refractivity contribution >= 4 is 0 Å². The maximum atomic E-state index is 6.13. The van der Waals surface area contributed by atoms with Crippen LogP contribution in [0.15, 0.2) is 0 Å². The summed E-state index contributed by atoms with van der Waals surface area (Å²) in [6, 6.07) is 0.887. The maximum absolute atomic E-state index is 6.13. The van der Waals surface area contributed by atoms with E-state index in [1.54, 1.807) is 7.11 Å². The molecule has 0 spiro atoms. The molecule has 1 saturated carbocycles. The van der Waals surface area contributed by atoms with Gasteiger partial charge in [-0.1, -0.05) is 12.8 Å². The van der Waals surface area contributed by atoms with Crippen LogP contribution in [0, 0.1) is 0 Å². The van der Waals surface area contributed by atoms with Crippen molar-refractivity contribution in [1.29, 1.82) is 0 Å². The minimum absolute atomic E-state index is 0.345. The third-order valence-electron chi connectivity index (χ3n) is 3.37. The van der Waals surface area contributed by atoms with Gasteiger partial charge in [0, 0.05) is 25.7 Å². The summed E-state index contributed by atoms with van der Waals surface area (Å²) in [6.07, 6.45) is 5.00. The normalized spacial score (nSPS) is 26.2. The SMILES string of the molecule is COCCOCCN(C)C1CCCCC1N. The van der Waals surface area contributed by atoms with E-state index >= 15 is 0 Å². The average molecular weight is 230 g/mol. The Balaban J connectivity index is 2.10. The molecule has 2 unspecified atom stereocenters. The van der Waals surface area contributed by atoms with Gasteiger partial charge in [-0.2, -0.15) is 0 Å². The molecule has 0 aromatic carbocycles. The van der Waals surface area contributed by atoms with E-state index in [9.17, 15) is 0 Å². The Morgan fingerprint density at radius 3 is 2.62 bits per heavy atom. The first-order valence-electron chi connectivity index (χ1n) is 6.28. The topological polar surface area (TPSA) is 47.7 Å². The van der Waals surface area contributed by atoms with Gasteiger partial charge in [0.2, 0.25) is 0 Å². The van der Waals surface area contributed by atoms with Crippen LogP contribution in [0.25, 0.3) is 0 Å². The molecule has 0 saturated heterocycles. The zero-order valence-electron chi connectivity index (χ0n) is 10.7. The van der Waals surface area contributed by atoms with Crippen LogP contribution in [-0.2, 0) is 9.47 Å². The third kappa shape index (κ3) is 4.78. The van der Waals surface area contributed by atoms with E-state index in [0.717, 1.165) is 13.2 Å². The minimum Gasteiger partial charge on any atom is -0.382 e. The number of ether oxygens (including phenoxy) is 2. The van der Waals surface area contributed by atoms with Crippen LogP contribution >= 0.6 is 0 Å². The van der Waals surface area contributed by atoms with Crippen LogP contribution in [0.5, 0.6) is 0 Å². The summed E-state index contributed by atoms with van der Waals surface area (Å²) < 4.78 is 10.4. The maximum Gasteiger partial charge on any atom is 0.0700 e. The first kappa shape index (κ1) is 13.9. The summed E-state index contributed by atoms with van der Waals surface area (Å²) in [5, 5.41) is 0. The molecule has 1 aliphatic rings. The number of hydrogen-bond acceptors (Lipinski definition) is 4. The van der Waals surface area contributed by atoms with Crippen molar-refractivity contribution in [2.45, 2.75) is 37.8 Å². The molecule has 16 heavy (non-hydrogen) atoms. The van der Waals surface area contributed by atoms with E-state index in [1.807, 2.05) is 0 Å². The largest absolute Gasteiger partial charge is 0.382 e. The zero-order valence-corrected chi connectivity index (χ0v) is 10.7. The highest BCUT2D eigenvalue weighted by Crippen LogP contribution is 2.20. The second-order valence-electron chi connectivity index (χ2n) is 4.60. The van der Waals surface area contributed by atoms with Gasteiger partial charge >= 0.3 is 0 Å². The number of rotatable bonds is 7. The van der Waals surface area contributed by atoms with E-state index in [4.69, 9.17) is 15.2 Å². The number of methoxy groups -OCH3 is 1. The average Bonchev–Trinajstić information content (AvgIpc) is 2.29. The van der Waals surface area contributed by atoms with Crippen molar-refractivity contribution in [1.82, 2.24) is 4.90 Å². The molecule has 1 aliphatic carbocycles. The lowest BCUT2D eigenvalue weighted by molar-refractivity contribution is 0.0493. The first-order valence-corrected chi connectivity index (χ1v) is 6.28. The van der Waals surface area contributed by atoms with Gasteiger partial charge in [0.25, 0.3) is 0 Å². The van der Waals surface area contributed by atoms with Crippen LogP contribution in [0.3, 0.4) is 0 Å². The molecule has 0 aromatic heterocycles. The van der Waals surface area contributed by atoms with Crippen molar-refractivity contribution in [3.05, 3.63) is 0 Å². The number of nitrogens with zero attached hydrogens (tertiary/aromatic N) is 1. The monoisotopic (exact) mass is 230 g/mol. The van der Waals surface area contributed by atoms with Gasteiger partial charge in [0.05, 0.1) is 19.8 Å². The Hall–Kier alpha value is -0.160. The molecule has 2 atom stereocenters. The standard InChI is InChI=1S/C12H26N2O2/c1-14(7-8-16-10-9-15-2)12-6-4-3-5-11(12)13/h11-12H,3-10,13H2,1-2H3. The van der Waals surface area contributed by atoms with Crippen LogP contribution in [-0.4, -0.2) is 57.5 Å². The zero-order chi connectivity index (χ0) is 11.8. The Labute approximate surface area is 99.1 Å². The summed E-state index contributed by atoms with van der Waals surface area (Å²) in [6.45, 7) is 3.08. The molecule has 0 radical (unpaired) electrons. The lowest BCUT2D eigenvalue weighted by Gasteiger charge is -2.35. The minimum atomic E-state index is 0.345. The lowest BCUT2D eigenvalue weighted by atomic mass is 9.90. The third-order valence-corrected chi connectivity index (χ3v) is 3.37. The molecule has 0 aromatic rings. The molecule has 4 heteroatoms. The fraction of sp³-hybridized carbons (Fsp3) is 1.00. The van der Waals surface area contributed by atoms with Gasteiger partial charge < -0.3 is 15.2 Å². The Bertz CT molecular complexity index is 178.